The standard InChI is InChI=1S/C16H16BN3OS/c1-8-7-19-10(3)14(9(8)2)15(21-17)13(6-18)16-11(4)20-12(5)22-16/h7H,1-5H3. The maximum atomic E-state index is 9.64. The van der Waals surface area contributed by atoms with Gasteiger partial charge >= 0.3 is 8.05 Å². The van der Waals surface area contributed by atoms with Crippen molar-refractivity contribution in [1.82, 2.24) is 9.97 Å². The van der Waals surface area contributed by atoms with Gasteiger partial charge in [-0.1, -0.05) is 0 Å². The molecule has 0 aliphatic carbocycles. The molecule has 0 unspecified atom stereocenters. The van der Waals surface area contributed by atoms with Crippen molar-refractivity contribution in [3.63, 3.8) is 0 Å². The van der Waals surface area contributed by atoms with Crippen LogP contribution in [0.2, 0.25) is 0 Å². The van der Waals surface area contributed by atoms with Crippen LogP contribution in [0.5, 0.6) is 0 Å². The first-order valence-electron chi connectivity index (χ1n) is 6.79. The Bertz CT molecular complexity index is 802. The molecule has 0 fully saturated rings. The highest BCUT2D eigenvalue weighted by molar-refractivity contribution is 7.13. The molecule has 0 amide bonds. The second-order valence-corrected chi connectivity index (χ2v) is 6.31. The number of aryl methyl sites for hydroxylation is 4. The first-order chi connectivity index (χ1) is 10.4. The molecule has 0 aliphatic rings. The van der Waals surface area contributed by atoms with E-state index in [1.807, 2.05) is 34.6 Å². The summed E-state index contributed by atoms with van der Waals surface area (Å²) >= 11 is 1.45. The van der Waals surface area contributed by atoms with Gasteiger partial charge in [0.05, 0.1) is 15.6 Å². The van der Waals surface area contributed by atoms with Crippen molar-refractivity contribution in [2.75, 3.05) is 0 Å². The summed E-state index contributed by atoms with van der Waals surface area (Å²) in [5.41, 5.74) is 4.75. The minimum absolute atomic E-state index is 0.348. The molecular weight excluding hydrogens is 293 g/mol. The molecule has 0 bridgehead atoms. The molecule has 0 spiro atoms. The van der Waals surface area contributed by atoms with Gasteiger partial charge in [0.15, 0.2) is 0 Å². The van der Waals surface area contributed by atoms with E-state index >= 15 is 0 Å². The lowest BCUT2D eigenvalue weighted by atomic mass is 9.98. The largest absolute Gasteiger partial charge is 0.566 e. The zero-order valence-corrected chi connectivity index (χ0v) is 14.1. The Balaban J connectivity index is 2.81. The lowest BCUT2D eigenvalue weighted by molar-refractivity contribution is 0.572. The highest BCUT2D eigenvalue weighted by Crippen LogP contribution is 2.34. The fourth-order valence-electron chi connectivity index (χ4n) is 2.37. The van der Waals surface area contributed by atoms with Crippen LogP contribution in [-0.4, -0.2) is 18.0 Å². The second-order valence-electron chi connectivity index (χ2n) is 5.11. The molecule has 2 aromatic rings. The predicted molar refractivity (Wildman–Crippen MR) is 89.3 cm³/mol. The van der Waals surface area contributed by atoms with Gasteiger partial charge in [-0.3, -0.25) is 4.98 Å². The quantitative estimate of drug-likeness (QED) is 0.494. The smallest absolute Gasteiger partial charge is 0.374 e. The molecule has 110 valence electrons. The van der Waals surface area contributed by atoms with Gasteiger partial charge in [0.2, 0.25) is 0 Å². The van der Waals surface area contributed by atoms with E-state index in [-0.39, 0.29) is 0 Å². The van der Waals surface area contributed by atoms with E-state index in [0.29, 0.717) is 11.3 Å². The zero-order valence-electron chi connectivity index (χ0n) is 13.3. The fourth-order valence-corrected chi connectivity index (χ4v) is 3.28. The highest BCUT2D eigenvalue weighted by atomic mass is 32.1. The van der Waals surface area contributed by atoms with Crippen LogP contribution in [0.4, 0.5) is 0 Å². The van der Waals surface area contributed by atoms with Gasteiger partial charge < -0.3 is 4.65 Å². The van der Waals surface area contributed by atoms with E-state index in [1.54, 1.807) is 6.20 Å². The maximum absolute atomic E-state index is 9.64. The number of allylic oxidation sites excluding steroid dienone is 1. The van der Waals surface area contributed by atoms with Crippen molar-refractivity contribution < 1.29 is 4.65 Å². The number of aromatic nitrogens is 2. The highest BCUT2D eigenvalue weighted by Gasteiger charge is 2.21. The van der Waals surface area contributed by atoms with Crippen LogP contribution >= 0.6 is 11.3 Å². The molecule has 2 radical (unpaired) electrons. The Kier molecular flexibility index (Phi) is 4.67. The number of rotatable bonds is 3. The van der Waals surface area contributed by atoms with Gasteiger partial charge in [-0.25, -0.2) is 4.98 Å². The van der Waals surface area contributed by atoms with E-state index in [2.05, 4.69) is 16.0 Å². The van der Waals surface area contributed by atoms with Gasteiger partial charge in [0.1, 0.15) is 17.4 Å². The SMILES string of the molecule is [B]OC(=C(C#N)c1sc(C)nc1C)c1c(C)ncc(C)c1C. The molecule has 2 rings (SSSR count). The molecule has 2 aromatic heterocycles. The first kappa shape index (κ1) is 16.2. The fraction of sp³-hybridized carbons (Fsp3) is 0.312. The Hall–Kier alpha value is -2.13. The van der Waals surface area contributed by atoms with E-state index in [4.69, 9.17) is 12.7 Å². The van der Waals surface area contributed by atoms with E-state index in [0.717, 1.165) is 38.0 Å². The minimum Gasteiger partial charge on any atom is -0.566 e. The summed E-state index contributed by atoms with van der Waals surface area (Å²) in [6, 6.07) is 2.21. The molecule has 0 aliphatic heterocycles. The number of thiazole rings is 1. The Morgan fingerprint density at radius 3 is 2.41 bits per heavy atom. The lowest BCUT2D eigenvalue weighted by Gasteiger charge is -2.16. The van der Waals surface area contributed by atoms with Gasteiger partial charge in [-0.05, 0) is 45.7 Å². The third-order valence-corrected chi connectivity index (χ3v) is 4.68. The van der Waals surface area contributed by atoms with Crippen LogP contribution in [0.25, 0.3) is 11.3 Å². The third-order valence-electron chi connectivity index (χ3n) is 3.59. The molecule has 0 atom stereocenters. The summed E-state index contributed by atoms with van der Waals surface area (Å²) in [4.78, 5) is 9.51. The lowest BCUT2D eigenvalue weighted by Crippen LogP contribution is -2.03. The topological polar surface area (TPSA) is 58.8 Å². The van der Waals surface area contributed by atoms with Crippen molar-refractivity contribution in [2.24, 2.45) is 0 Å². The van der Waals surface area contributed by atoms with E-state index in [1.165, 1.54) is 11.3 Å². The molecule has 6 heteroatoms. The number of hydrogen-bond acceptors (Lipinski definition) is 5. The van der Waals surface area contributed by atoms with Crippen LogP contribution in [0.3, 0.4) is 0 Å². The van der Waals surface area contributed by atoms with Crippen LogP contribution in [-0.2, 0) is 4.65 Å². The van der Waals surface area contributed by atoms with Crippen LogP contribution in [0.1, 0.15) is 38.0 Å². The molecule has 22 heavy (non-hydrogen) atoms. The summed E-state index contributed by atoms with van der Waals surface area (Å²) in [5.74, 6) is 0.348. The van der Waals surface area contributed by atoms with E-state index < -0.39 is 0 Å². The van der Waals surface area contributed by atoms with Crippen molar-refractivity contribution in [1.29, 1.82) is 5.26 Å². The molecule has 0 aromatic carbocycles. The average molecular weight is 309 g/mol. The second kappa shape index (κ2) is 6.33. The molecular formula is C16H16BN3OS. The van der Waals surface area contributed by atoms with Crippen molar-refractivity contribution in [3.8, 4) is 6.07 Å². The molecule has 0 N–H and O–H groups in total. The zero-order chi connectivity index (χ0) is 16.4. The van der Waals surface area contributed by atoms with Gasteiger partial charge in [-0.2, -0.15) is 5.26 Å². The van der Waals surface area contributed by atoms with Crippen LogP contribution < -0.4 is 0 Å². The van der Waals surface area contributed by atoms with Crippen LogP contribution in [0.15, 0.2) is 6.20 Å². The molecule has 0 saturated carbocycles. The Labute approximate surface area is 135 Å². The van der Waals surface area contributed by atoms with Gasteiger partial charge in [-0.15, -0.1) is 11.3 Å². The molecule has 4 nitrogen and oxygen atoms in total. The average Bonchev–Trinajstić information content (AvgIpc) is 2.81. The number of pyridine rings is 1. The monoisotopic (exact) mass is 309 g/mol. The first-order valence-corrected chi connectivity index (χ1v) is 7.61. The molecule has 0 saturated heterocycles. The summed E-state index contributed by atoms with van der Waals surface area (Å²) < 4.78 is 5.12. The number of hydrogen-bond donors (Lipinski definition) is 0. The Morgan fingerprint density at radius 2 is 1.91 bits per heavy atom. The van der Waals surface area contributed by atoms with Crippen molar-refractivity contribution in [2.45, 2.75) is 34.6 Å². The number of nitrogens with zero attached hydrogens (tertiary/aromatic N) is 3. The number of nitriles is 1. The maximum Gasteiger partial charge on any atom is 0.374 e. The van der Waals surface area contributed by atoms with E-state index in [9.17, 15) is 5.26 Å². The molecule has 2 heterocycles. The third kappa shape index (κ3) is 2.77. The van der Waals surface area contributed by atoms with Crippen molar-refractivity contribution >= 4 is 30.7 Å². The van der Waals surface area contributed by atoms with Crippen LogP contribution in [0, 0.1) is 45.9 Å². The van der Waals surface area contributed by atoms with Gasteiger partial charge in [0.25, 0.3) is 0 Å². The van der Waals surface area contributed by atoms with Crippen molar-refractivity contribution in [3.05, 3.63) is 44.2 Å². The summed E-state index contributed by atoms with van der Waals surface area (Å²) in [6.45, 7) is 9.59. The Morgan fingerprint density at radius 1 is 1.23 bits per heavy atom. The summed E-state index contributed by atoms with van der Waals surface area (Å²) in [5, 5.41) is 10.5. The summed E-state index contributed by atoms with van der Waals surface area (Å²) in [6.07, 6.45) is 1.80. The predicted octanol–water partition coefficient (Wildman–Crippen LogP) is 3.57. The minimum atomic E-state index is 0.348. The summed E-state index contributed by atoms with van der Waals surface area (Å²) in [7, 11) is 5.51. The van der Waals surface area contributed by atoms with Gasteiger partial charge in [0, 0.05) is 17.5 Å². The normalized spacial score (nSPS) is 11.8.